The summed E-state index contributed by atoms with van der Waals surface area (Å²) in [5.41, 5.74) is 5.01. The molecule has 1 atom stereocenters. The first-order valence-electron chi connectivity index (χ1n) is 9.45. The topological polar surface area (TPSA) is 54.0 Å². The Kier molecular flexibility index (Phi) is 6.20. The molecule has 27 heavy (non-hydrogen) atoms. The molecular weight excluding hydrogens is 334 g/mol. The minimum Gasteiger partial charge on any atom is -0.355 e. The number of aromatic nitrogens is 1. The van der Waals surface area contributed by atoms with Gasteiger partial charge in [0, 0.05) is 17.5 Å². The molecule has 1 unspecified atom stereocenters. The Morgan fingerprint density at radius 3 is 2.48 bits per heavy atom. The van der Waals surface area contributed by atoms with E-state index in [4.69, 9.17) is 4.98 Å². The zero-order chi connectivity index (χ0) is 19.2. The van der Waals surface area contributed by atoms with E-state index >= 15 is 0 Å². The molecule has 0 fully saturated rings. The molecule has 0 saturated heterocycles. The molecule has 0 aliphatic carbocycles. The van der Waals surface area contributed by atoms with Gasteiger partial charge in [0.25, 0.3) is 0 Å². The molecule has 0 aliphatic heterocycles. The van der Waals surface area contributed by atoms with Crippen molar-refractivity contribution in [3.8, 4) is 11.3 Å². The van der Waals surface area contributed by atoms with E-state index in [9.17, 15) is 4.79 Å². The summed E-state index contributed by atoms with van der Waals surface area (Å²) in [6.07, 6.45) is 0.334. The molecule has 0 radical (unpaired) electrons. The highest BCUT2D eigenvalue weighted by molar-refractivity contribution is 5.90. The number of benzene rings is 2. The fourth-order valence-electron chi connectivity index (χ4n) is 3.40. The standard InChI is InChI=1S/C23H27N3O/c1-16(14-24-3)15-25-22(27)13-20-17(2)19-11-7-8-12-21(19)26-23(20)18-9-5-4-6-10-18/h4-12,16,24H,13-15H2,1-3H3,(H,25,27). The predicted octanol–water partition coefficient (Wildman–Crippen LogP) is 3.72. The molecular formula is C23H27N3O. The number of hydrogen-bond acceptors (Lipinski definition) is 3. The molecule has 4 heteroatoms. The third-order valence-corrected chi connectivity index (χ3v) is 4.86. The van der Waals surface area contributed by atoms with E-state index in [0.717, 1.165) is 39.8 Å². The zero-order valence-corrected chi connectivity index (χ0v) is 16.3. The highest BCUT2D eigenvalue weighted by atomic mass is 16.1. The highest BCUT2D eigenvalue weighted by Crippen LogP contribution is 2.30. The van der Waals surface area contributed by atoms with Crippen molar-refractivity contribution in [3.05, 3.63) is 65.7 Å². The first kappa shape index (κ1) is 19.1. The fraction of sp³-hybridized carbons (Fsp3) is 0.304. The van der Waals surface area contributed by atoms with E-state index in [2.05, 4.69) is 30.5 Å². The number of para-hydroxylation sites is 1. The molecule has 1 amide bonds. The van der Waals surface area contributed by atoms with Crippen LogP contribution in [0.3, 0.4) is 0 Å². The number of rotatable bonds is 7. The number of hydrogen-bond donors (Lipinski definition) is 2. The van der Waals surface area contributed by atoms with Crippen LogP contribution in [0, 0.1) is 12.8 Å². The van der Waals surface area contributed by atoms with Crippen molar-refractivity contribution in [2.24, 2.45) is 5.92 Å². The van der Waals surface area contributed by atoms with Crippen LogP contribution in [-0.4, -0.2) is 31.0 Å². The van der Waals surface area contributed by atoms with E-state index in [-0.39, 0.29) is 5.91 Å². The lowest BCUT2D eigenvalue weighted by molar-refractivity contribution is -0.120. The van der Waals surface area contributed by atoms with Crippen molar-refractivity contribution in [2.75, 3.05) is 20.1 Å². The molecule has 2 aromatic carbocycles. The normalized spacial score (nSPS) is 12.1. The van der Waals surface area contributed by atoms with Crippen LogP contribution in [0.4, 0.5) is 0 Å². The van der Waals surface area contributed by atoms with Gasteiger partial charge in [0.1, 0.15) is 0 Å². The summed E-state index contributed by atoms with van der Waals surface area (Å²) in [4.78, 5) is 17.5. The van der Waals surface area contributed by atoms with Crippen LogP contribution in [0.5, 0.6) is 0 Å². The van der Waals surface area contributed by atoms with Gasteiger partial charge < -0.3 is 10.6 Å². The van der Waals surface area contributed by atoms with E-state index in [1.807, 2.05) is 55.6 Å². The SMILES string of the molecule is CNCC(C)CNC(=O)Cc1c(-c2ccccc2)nc2ccccc2c1C. The molecule has 1 aromatic heterocycles. The second-order valence-corrected chi connectivity index (χ2v) is 7.09. The summed E-state index contributed by atoms with van der Waals surface area (Å²) in [6.45, 7) is 5.75. The minimum atomic E-state index is 0.0373. The lowest BCUT2D eigenvalue weighted by Crippen LogP contribution is -2.33. The van der Waals surface area contributed by atoms with Crippen LogP contribution in [0.2, 0.25) is 0 Å². The summed E-state index contributed by atoms with van der Waals surface area (Å²) in [6, 6.07) is 18.2. The number of carbonyl (C=O) groups is 1. The summed E-state index contributed by atoms with van der Waals surface area (Å²) in [5, 5.41) is 7.30. The van der Waals surface area contributed by atoms with Crippen LogP contribution in [0.1, 0.15) is 18.1 Å². The van der Waals surface area contributed by atoms with Crippen LogP contribution < -0.4 is 10.6 Å². The average Bonchev–Trinajstić information content (AvgIpc) is 2.69. The Hall–Kier alpha value is -2.72. The lowest BCUT2D eigenvalue weighted by Gasteiger charge is -2.16. The number of aryl methyl sites for hydroxylation is 1. The monoisotopic (exact) mass is 361 g/mol. The second-order valence-electron chi connectivity index (χ2n) is 7.09. The maximum Gasteiger partial charge on any atom is 0.224 e. The molecule has 0 bridgehead atoms. The van der Waals surface area contributed by atoms with Crippen LogP contribution >= 0.6 is 0 Å². The van der Waals surface area contributed by atoms with E-state index in [1.54, 1.807) is 0 Å². The van der Waals surface area contributed by atoms with Crippen LogP contribution in [-0.2, 0) is 11.2 Å². The van der Waals surface area contributed by atoms with Crippen molar-refractivity contribution in [2.45, 2.75) is 20.3 Å². The number of nitrogens with zero attached hydrogens (tertiary/aromatic N) is 1. The first-order valence-corrected chi connectivity index (χ1v) is 9.45. The lowest BCUT2D eigenvalue weighted by atomic mass is 9.95. The summed E-state index contributed by atoms with van der Waals surface area (Å²) in [5.74, 6) is 0.429. The maximum atomic E-state index is 12.6. The number of fused-ring (bicyclic) bond motifs is 1. The molecule has 1 heterocycles. The first-order chi connectivity index (χ1) is 13.1. The van der Waals surface area contributed by atoms with Crippen LogP contribution in [0.15, 0.2) is 54.6 Å². The molecule has 140 valence electrons. The Labute approximate surface area is 161 Å². The van der Waals surface area contributed by atoms with Gasteiger partial charge in [0.15, 0.2) is 0 Å². The summed E-state index contributed by atoms with van der Waals surface area (Å²) < 4.78 is 0. The minimum absolute atomic E-state index is 0.0373. The number of carbonyl (C=O) groups excluding carboxylic acids is 1. The van der Waals surface area contributed by atoms with Crippen molar-refractivity contribution >= 4 is 16.8 Å². The number of amides is 1. The third-order valence-electron chi connectivity index (χ3n) is 4.86. The van der Waals surface area contributed by atoms with Gasteiger partial charge in [-0.05, 0) is 43.6 Å². The predicted molar refractivity (Wildman–Crippen MR) is 112 cm³/mol. The molecule has 4 nitrogen and oxygen atoms in total. The van der Waals surface area contributed by atoms with Gasteiger partial charge in [-0.3, -0.25) is 4.79 Å². The molecule has 0 spiro atoms. The Balaban J connectivity index is 1.95. The molecule has 0 aliphatic rings. The van der Waals surface area contributed by atoms with E-state index < -0.39 is 0 Å². The van der Waals surface area contributed by atoms with Crippen molar-refractivity contribution in [3.63, 3.8) is 0 Å². The average molecular weight is 361 g/mol. The Morgan fingerprint density at radius 2 is 1.74 bits per heavy atom. The third kappa shape index (κ3) is 4.52. The largest absolute Gasteiger partial charge is 0.355 e. The zero-order valence-electron chi connectivity index (χ0n) is 16.3. The van der Waals surface area contributed by atoms with Gasteiger partial charge in [-0.15, -0.1) is 0 Å². The highest BCUT2D eigenvalue weighted by Gasteiger charge is 2.17. The van der Waals surface area contributed by atoms with Gasteiger partial charge in [-0.25, -0.2) is 4.98 Å². The maximum absolute atomic E-state index is 12.6. The van der Waals surface area contributed by atoms with Gasteiger partial charge in [-0.1, -0.05) is 55.5 Å². The van der Waals surface area contributed by atoms with E-state index in [1.165, 1.54) is 0 Å². The van der Waals surface area contributed by atoms with Gasteiger partial charge in [0.2, 0.25) is 5.91 Å². The van der Waals surface area contributed by atoms with Crippen molar-refractivity contribution in [1.29, 1.82) is 0 Å². The van der Waals surface area contributed by atoms with Gasteiger partial charge in [0.05, 0.1) is 17.6 Å². The fourth-order valence-corrected chi connectivity index (χ4v) is 3.40. The smallest absolute Gasteiger partial charge is 0.224 e. The van der Waals surface area contributed by atoms with Gasteiger partial charge in [-0.2, -0.15) is 0 Å². The van der Waals surface area contributed by atoms with Crippen molar-refractivity contribution in [1.82, 2.24) is 15.6 Å². The summed E-state index contributed by atoms with van der Waals surface area (Å²) >= 11 is 0. The van der Waals surface area contributed by atoms with Gasteiger partial charge >= 0.3 is 0 Å². The second kappa shape index (κ2) is 8.78. The molecule has 3 rings (SSSR count). The molecule has 3 aromatic rings. The van der Waals surface area contributed by atoms with Crippen LogP contribution in [0.25, 0.3) is 22.2 Å². The van der Waals surface area contributed by atoms with Crippen molar-refractivity contribution < 1.29 is 4.79 Å². The number of nitrogens with one attached hydrogen (secondary N) is 2. The van der Waals surface area contributed by atoms with E-state index in [0.29, 0.717) is 18.9 Å². The summed E-state index contributed by atoms with van der Waals surface area (Å²) in [7, 11) is 1.93. The molecule has 2 N–H and O–H groups in total. The Morgan fingerprint density at radius 1 is 1.04 bits per heavy atom. The quantitative estimate of drug-likeness (QED) is 0.674. The molecule has 0 saturated carbocycles. The Bertz CT molecular complexity index is 922. The number of pyridine rings is 1.